The maximum absolute atomic E-state index is 15.0. The molecule has 3 aliphatic rings. The first-order valence-corrected chi connectivity index (χ1v) is 14.9. The minimum Gasteiger partial charge on any atom is -0.496 e. The van der Waals surface area contributed by atoms with Gasteiger partial charge in [-0.2, -0.15) is 0 Å². The molecule has 7 nitrogen and oxygen atoms in total. The summed E-state index contributed by atoms with van der Waals surface area (Å²) >= 11 is 0. The Morgan fingerprint density at radius 2 is 1.61 bits per heavy atom. The molecule has 44 heavy (non-hydrogen) atoms. The molecule has 7 rings (SSSR count). The van der Waals surface area contributed by atoms with E-state index in [1.54, 1.807) is 48.5 Å². The van der Waals surface area contributed by atoms with Crippen LogP contribution in [0.3, 0.4) is 0 Å². The standard InChI is InChI=1S/C37H32N2O5/c1-3-22-44-25-18-16-24(17-19-25)33(40)31-32(34(41)27-12-6-9-15-30(27)43-2)39-21-20-23-10-4-5-11-26(23)35(39)37(31)28-13-7-8-14-29(28)38-36(37)42/h4-21,31-32,35H,3,22H2,1-2H3,(H,38,42)/t31-,32-,35-,37-/m1/s1. The van der Waals surface area contributed by atoms with E-state index >= 15 is 0 Å². The Morgan fingerprint density at radius 1 is 0.886 bits per heavy atom. The van der Waals surface area contributed by atoms with Gasteiger partial charge in [0.15, 0.2) is 11.6 Å². The molecular formula is C37H32N2O5. The van der Waals surface area contributed by atoms with E-state index < -0.39 is 23.4 Å². The summed E-state index contributed by atoms with van der Waals surface area (Å²) in [5, 5.41) is 3.09. The Kier molecular flexibility index (Phi) is 6.81. The molecule has 4 aromatic carbocycles. The summed E-state index contributed by atoms with van der Waals surface area (Å²) in [6.45, 7) is 2.59. The molecule has 1 N–H and O–H groups in total. The van der Waals surface area contributed by atoms with Crippen LogP contribution in [0.5, 0.6) is 11.5 Å². The highest BCUT2D eigenvalue weighted by atomic mass is 16.5. The van der Waals surface area contributed by atoms with Gasteiger partial charge in [-0.3, -0.25) is 14.4 Å². The average Bonchev–Trinajstić information content (AvgIpc) is 3.55. The highest BCUT2D eigenvalue weighted by Gasteiger charge is 2.70. The summed E-state index contributed by atoms with van der Waals surface area (Å²) in [5.74, 6) is -0.859. The second kappa shape index (κ2) is 10.8. The zero-order chi connectivity index (χ0) is 30.4. The quantitative estimate of drug-likeness (QED) is 0.239. The van der Waals surface area contributed by atoms with Crippen molar-refractivity contribution in [3.8, 4) is 11.5 Å². The van der Waals surface area contributed by atoms with E-state index in [1.165, 1.54) is 7.11 Å². The molecule has 0 radical (unpaired) electrons. The third-order valence-electron chi connectivity index (χ3n) is 9.11. The lowest BCUT2D eigenvalue weighted by atomic mass is 9.62. The predicted octanol–water partition coefficient (Wildman–Crippen LogP) is 6.47. The summed E-state index contributed by atoms with van der Waals surface area (Å²) in [5.41, 5.74) is 2.56. The van der Waals surface area contributed by atoms with Crippen molar-refractivity contribution in [1.82, 2.24) is 4.90 Å². The number of carbonyl (C=O) groups excluding carboxylic acids is 3. The Morgan fingerprint density at radius 3 is 2.41 bits per heavy atom. The third-order valence-corrected chi connectivity index (χ3v) is 9.11. The molecule has 3 aliphatic heterocycles. The van der Waals surface area contributed by atoms with Crippen LogP contribution in [0.15, 0.2) is 103 Å². The van der Waals surface area contributed by atoms with Crippen LogP contribution in [0.1, 0.15) is 56.8 Å². The molecule has 1 amide bonds. The topological polar surface area (TPSA) is 84.9 Å². The molecule has 1 fully saturated rings. The number of ether oxygens (including phenoxy) is 2. The van der Waals surface area contributed by atoms with Crippen LogP contribution in [0.4, 0.5) is 5.69 Å². The van der Waals surface area contributed by atoms with Crippen molar-refractivity contribution in [3.63, 3.8) is 0 Å². The molecule has 0 unspecified atom stereocenters. The number of Topliss-reactive ketones (excluding diaryl/α,β-unsaturated/α-hetero) is 2. The van der Waals surface area contributed by atoms with Crippen molar-refractivity contribution in [2.24, 2.45) is 5.92 Å². The van der Waals surface area contributed by atoms with Gasteiger partial charge in [0, 0.05) is 17.5 Å². The van der Waals surface area contributed by atoms with Crippen LogP contribution in [0.2, 0.25) is 0 Å². The number of rotatable bonds is 8. The number of hydrogen-bond acceptors (Lipinski definition) is 6. The lowest BCUT2D eigenvalue weighted by Crippen LogP contribution is -2.49. The number of nitrogens with one attached hydrogen (secondary N) is 1. The SMILES string of the molecule is CCCOc1ccc(C(=O)[C@H]2[C@H](C(=O)c3ccccc3OC)N3C=Cc4ccccc4[C@@H]3[C@]23C(=O)Nc2ccccc23)cc1. The first-order valence-electron chi connectivity index (χ1n) is 14.9. The third kappa shape index (κ3) is 3.99. The number of benzene rings is 4. The zero-order valence-electron chi connectivity index (χ0n) is 24.5. The van der Waals surface area contributed by atoms with Crippen LogP contribution in [0.25, 0.3) is 6.08 Å². The molecule has 0 bridgehead atoms. The van der Waals surface area contributed by atoms with E-state index in [9.17, 15) is 14.4 Å². The van der Waals surface area contributed by atoms with Gasteiger partial charge in [0.05, 0.1) is 31.2 Å². The normalized spacial score (nSPS) is 22.6. The van der Waals surface area contributed by atoms with Gasteiger partial charge in [-0.1, -0.05) is 61.5 Å². The number of para-hydroxylation sites is 2. The van der Waals surface area contributed by atoms with Gasteiger partial charge in [-0.15, -0.1) is 0 Å². The molecule has 3 heterocycles. The first kappa shape index (κ1) is 27.7. The number of nitrogens with zero attached hydrogens (tertiary/aromatic N) is 1. The van der Waals surface area contributed by atoms with E-state index in [4.69, 9.17) is 9.47 Å². The Balaban J connectivity index is 1.48. The minimum absolute atomic E-state index is 0.285. The van der Waals surface area contributed by atoms with Crippen molar-refractivity contribution < 1.29 is 23.9 Å². The molecule has 220 valence electrons. The second-order valence-electron chi connectivity index (χ2n) is 11.4. The lowest BCUT2D eigenvalue weighted by Gasteiger charge is -2.38. The van der Waals surface area contributed by atoms with Crippen molar-refractivity contribution in [2.45, 2.75) is 30.8 Å². The van der Waals surface area contributed by atoms with Gasteiger partial charge in [0.2, 0.25) is 5.91 Å². The van der Waals surface area contributed by atoms with E-state index in [0.717, 1.165) is 17.5 Å². The van der Waals surface area contributed by atoms with Crippen LogP contribution < -0.4 is 14.8 Å². The monoisotopic (exact) mass is 584 g/mol. The van der Waals surface area contributed by atoms with Crippen molar-refractivity contribution in [3.05, 3.63) is 131 Å². The minimum atomic E-state index is -1.39. The summed E-state index contributed by atoms with van der Waals surface area (Å²) in [6.07, 6.45) is 4.68. The van der Waals surface area contributed by atoms with Crippen molar-refractivity contribution >= 4 is 29.2 Å². The number of anilines is 1. The van der Waals surface area contributed by atoms with Crippen LogP contribution >= 0.6 is 0 Å². The highest BCUT2D eigenvalue weighted by Crippen LogP contribution is 2.62. The van der Waals surface area contributed by atoms with Crippen LogP contribution in [-0.4, -0.2) is 42.1 Å². The fourth-order valence-corrected chi connectivity index (χ4v) is 7.29. The number of hydrogen-bond donors (Lipinski definition) is 1. The fraction of sp³-hybridized carbons (Fsp3) is 0.216. The van der Waals surface area contributed by atoms with E-state index in [-0.39, 0.29) is 17.5 Å². The molecular weight excluding hydrogens is 552 g/mol. The predicted molar refractivity (Wildman–Crippen MR) is 168 cm³/mol. The molecule has 1 saturated heterocycles. The summed E-state index contributed by atoms with van der Waals surface area (Å²) < 4.78 is 11.4. The van der Waals surface area contributed by atoms with Gasteiger partial charge >= 0.3 is 0 Å². The maximum atomic E-state index is 15.0. The average molecular weight is 585 g/mol. The van der Waals surface area contributed by atoms with Crippen molar-refractivity contribution in [2.75, 3.05) is 19.0 Å². The number of ketones is 2. The van der Waals surface area contributed by atoms with Crippen LogP contribution in [0, 0.1) is 5.92 Å². The molecule has 7 heteroatoms. The number of amides is 1. The molecule has 0 saturated carbocycles. The Hall–Kier alpha value is -5.17. The van der Waals surface area contributed by atoms with Gasteiger partial charge < -0.3 is 19.7 Å². The fourth-order valence-electron chi connectivity index (χ4n) is 7.29. The summed E-state index contributed by atoms with van der Waals surface area (Å²) in [6, 6.07) is 27.8. The van der Waals surface area contributed by atoms with Gasteiger partial charge in [-0.05, 0) is 71.7 Å². The molecule has 0 aromatic heterocycles. The van der Waals surface area contributed by atoms with Gasteiger partial charge in [0.25, 0.3) is 0 Å². The largest absolute Gasteiger partial charge is 0.496 e. The molecule has 4 atom stereocenters. The van der Waals surface area contributed by atoms with Crippen LogP contribution in [-0.2, 0) is 10.2 Å². The van der Waals surface area contributed by atoms with E-state index in [2.05, 4.69) is 5.32 Å². The molecule has 0 aliphatic carbocycles. The first-order chi connectivity index (χ1) is 21.5. The van der Waals surface area contributed by atoms with Crippen molar-refractivity contribution in [1.29, 1.82) is 0 Å². The molecule has 1 spiro atoms. The van der Waals surface area contributed by atoms with E-state index in [1.807, 2.05) is 72.6 Å². The lowest BCUT2D eigenvalue weighted by molar-refractivity contribution is -0.122. The van der Waals surface area contributed by atoms with Gasteiger partial charge in [0.1, 0.15) is 23.0 Å². The Labute approximate surface area is 256 Å². The maximum Gasteiger partial charge on any atom is 0.238 e. The summed E-state index contributed by atoms with van der Waals surface area (Å²) in [7, 11) is 1.52. The molecule has 4 aromatic rings. The Bertz CT molecular complexity index is 1810. The second-order valence-corrected chi connectivity index (χ2v) is 11.4. The van der Waals surface area contributed by atoms with E-state index in [0.29, 0.717) is 40.5 Å². The number of fused-ring (bicyclic) bond motifs is 6. The highest BCUT2D eigenvalue weighted by molar-refractivity contribution is 6.17. The zero-order valence-corrected chi connectivity index (χ0v) is 24.5. The number of carbonyl (C=O) groups is 3. The number of methoxy groups -OCH3 is 1. The summed E-state index contributed by atoms with van der Waals surface area (Å²) in [4.78, 5) is 46.3. The smallest absolute Gasteiger partial charge is 0.238 e. The van der Waals surface area contributed by atoms with Gasteiger partial charge in [-0.25, -0.2) is 0 Å².